The van der Waals surface area contributed by atoms with Gasteiger partial charge in [0.05, 0.1) is 6.10 Å². The second kappa shape index (κ2) is 5.38. The Labute approximate surface area is 82.8 Å². The molecule has 1 aromatic carbocycles. The van der Waals surface area contributed by atoms with E-state index in [2.05, 4.69) is 0 Å². The fourth-order valence-corrected chi connectivity index (χ4v) is 1.05. The summed E-state index contributed by atoms with van der Waals surface area (Å²) < 4.78 is 0. The molecule has 0 spiro atoms. The van der Waals surface area contributed by atoms with Gasteiger partial charge in [0.2, 0.25) is 0 Å². The van der Waals surface area contributed by atoms with E-state index in [9.17, 15) is 5.11 Å². The molecular formula is C8H11Cl2NO. The maximum atomic E-state index is 9.27. The topological polar surface area (TPSA) is 46.2 Å². The van der Waals surface area contributed by atoms with Gasteiger partial charge in [0.1, 0.15) is 0 Å². The summed E-state index contributed by atoms with van der Waals surface area (Å²) in [7, 11) is 0. The van der Waals surface area contributed by atoms with Crippen molar-refractivity contribution in [2.24, 2.45) is 5.73 Å². The molecule has 4 heteroatoms. The molecule has 0 fully saturated rings. The van der Waals surface area contributed by atoms with Gasteiger partial charge in [-0.2, -0.15) is 0 Å². The fourth-order valence-electron chi connectivity index (χ4n) is 0.850. The second-order valence-electron chi connectivity index (χ2n) is 2.31. The first-order chi connectivity index (χ1) is 5.24. The van der Waals surface area contributed by atoms with Crippen LogP contribution in [-0.2, 0) is 0 Å². The fraction of sp³-hybridized carbons (Fsp3) is 0.250. The molecule has 0 aliphatic rings. The van der Waals surface area contributed by atoms with Gasteiger partial charge in [-0.05, 0) is 17.7 Å². The Morgan fingerprint density at radius 1 is 1.50 bits per heavy atom. The predicted octanol–water partition coefficient (Wildman–Crippen LogP) is 1.75. The largest absolute Gasteiger partial charge is 0.387 e. The zero-order valence-corrected chi connectivity index (χ0v) is 7.98. The highest BCUT2D eigenvalue weighted by Crippen LogP contribution is 2.16. The minimum Gasteiger partial charge on any atom is -0.387 e. The van der Waals surface area contributed by atoms with E-state index in [1.54, 1.807) is 24.3 Å². The van der Waals surface area contributed by atoms with Crippen molar-refractivity contribution in [3.05, 3.63) is 34.9 Å². The van der Waals surface area contributed by atoms with Gasteiger partial charge in [-0.3, -0.25) is 0 Å². The van der Waals surface area contributed by atoms with Crippen LogP contribution in [0.15, 0.2) is 24.3 Å². The molecule has 2 nitrogen and oxygen atoms in total. The molecule has 1 rings (SSSR count). The van der Waals surface area contributed by atoms with Crippen molar-refractivity contribution in [3.8, 4) is 0 Å². The predicted molar refractivity (Wildman–Crippen MR) is 52.7 cm³/mol. The van der Waals surface area contributed by atoms with Crippen molar-refractivity contribution in [2.75, 3.05) is 6.54 Å². The van der Waals surface area contributed by atoms with Crippen molar-refractivity contribution in [3.63, 3.8) is 0 Å². The first-order valence-corrected chi connectivity index (χ1v) is 3.75. The average molecular weight is 208 g/mol. The van der Waals surface area contributed by atoms with Gasteiger partial charge >= 0.3 is 0 Å². The molecule has 0 amide bonds. The Bertz CT molecular complexity index is 242. The SMILES string of the molecule is Cl.NC[C@@H](O)c1cccc(Cl)c1. The molecule has 1 aromatic rings. The smallest absolute Gasteiger partial charge is 0.0912 e. The molecule has 0 aromatic heterocycles. The monoisotopic (exact) mass is 207 g/mol. The lowest BCUT2D eigenvalue weighted by Crippen LogP contribution is -2.11. The summed E-state index contributed by atoms with van der Waals surface area (Å²) in [4.78, 5) is 0. The van der Waals surface area contributed by atoms with Gasteiger partial charge in [0.15, 0.2) is 0 Å². The van der Waals surface area contributed by atoms with Crippen LogP contribution in [0.1, 0.15) is 11.7 Å². The van der Waals surface area contributed by atoms with Gasteiger partial charge in [-0.15, -0.1) is 12.4 Å². The quantitative estimate of drug-likeness (QED) is 0.777. The van der Waals surface area contributed by atoms with Gasteiger partial charge in [0.25, 0.3) is 0 Å². The Morgan fingerprint density at radius 2 is 2.17 bits per heavy atom. The summed E-state index contributed by atoms with van der Waals surface area (Å²) in [6, 6.07) is 7.05. The van der Waals surface area contributed by atoms with E-state index < -0.39 is 6.10 Å². The summed E-state index contributed by atoms with van der Waals surface area (Å²) in [5, 5.41) is 9.89. The maximum Gasteiger partial charge on any atom is 0.0912 e. The van der Waals surface area contributed by atoms with Crippen LogP contribution in [0, 0.1) is 0 Å². The van der Waals surface area contributed by atoms with Crippen molar-refractivity contribution >= 4 is 24.0 Å². The zero-order chi connectivity index (χ0) is 8.27. The van der Waals surface area contributed by atoms with Crippen molar-refractivity contribution in [1.29, 1.82) is 0 Å². The third-order valence-corrected chi connectivity index (χ3v) is 1.69. The molecule has 1 atom stereocenters. The summed E-state index contributed by atoms with van der Waals surface area (Å²) in [6.45, 7) is 0.223. The van der Waals surface area contributed by atoms with Crippen LogP contribution >= 0.6 is 24.0 Å². The van der Waals surface area contributed by atoms with Crippen LogP contribution in [0.5, 0.6) is 0 Å². The number of nitrogens with two attached hydrogens (primary N) is 1. The van der Waals surface area contributed by atoms with Crippen LogP contribution in [0.2, 0.25) is 5.02 Å². The van der Waals surface area contributed by atoms with Gasteiger partial charge in [-0.1, -0.05) is 23.7 Å². The number of aliphatic hydroxyl groups is 1. The number of benzene rings is 1. The standard InChI is InChI=1S/C8H10ClNO.ClH/c9-7-3-1-2-6(4-7)8(11)5-10;/h1-4,8,11H,5,10H2;1H/t8-;/m1./s1. The average Bonchev–Trinajstić information content (AvgIpc) is 2.03. The molecule has 0 unspecified atom stereocenters. The summed E-state index contributed by atoms with van der Waals surface area (Å²) in [5.74, 6) is 0. The van der Waals surface area contributed by atoms with Crippen LogP contribution in [-0.4, -0.2) is 11.7 Å². The molecule has 68 valence electrons. The van der Waals surface area contributed by atoms with E-state index in [0.717, 1.165) is 5.56 Å². The van der Waals surface area contributed by atoms with Gasteiger partial charge in [-0.25, -0.2) is 0 Å². The number of aliphatic hydroxyl groups excluding tert-OH is 1. The molecule has 0 aliphatic heterocycles. The third kappa shape index (κ3) is 2.99. The van der Waals surface area contributed by atoms with E-state index in [0.29, 0.717) is 5.02 Å². The van der Waals surface area contributed by atoms with Crippen LogP contribution in [0.25, 0.3) is 0 Å². The van der Waals surface area contributed by atoms with Crippen LogP contribution in [0.4, 0.5) is 0 Å². The highest BCUT2D eigenvalue weighted by atomic mass is 35.5. The minimum atomic E-state index is -0.603. The lowest BCUT2D eigenvalue weighted by atomic mass is 10.1. The molecule has 0 saturated heterocycles. The highest BCUT2D eigenvalue weighted by Gasteiger charge is 2.03. The lowest BCUT2D eigenvalue weighted by Gasteiger charge is -2.06. The minimum absolute atomic E-state index is 0. The van der Waals surface area contributed by atoms with Crippen molar-refractivity contribution in [1.82, 2.24) is 0 Å². The van der Waals surface area contributed by atoms with Crippen molar-refractivity contribution in [2.45, 2.75) is 6.10 Å². The second-order valence-corrected chi connectivity index (χ2v) is 2.74. The maximum absolute atomic E-state index is 9.27. The number of halogens is 2. The molecule has 0 aliphatic carbocycles. The molecule has 0 saturated carbocycles. The summed E-state index contributed by atoms with van der Waals surface area (Å²) in [6.07, 6.45) is -0.603. The zero-order valence-electron chi connectivity index (χ0n) is 6.40. The van der Waals surface area contributed by atoms with Crippen LogP contribution in [0.3, 0.4) is 0 Å². The van der Waals surface area contributed by atoms with E-state index in [-0.39, 0.29) is 19.0 Å². The Hall–Kier alpha value is -0.280. The first-order valence-electron chi connectivity index (χ1n) is 3.37. The Balaban J connectivity index is 0.00000121. The van der Waals surface area contributed by atoms with E-state index in [4.69, 9.17) is 17.3 Å². The normalized spacial score (nSPS) is 11.9. The molecule has 3 N–H and O–H groups in total. The molecule has 0 heterocycles. The van der Waals surface area contributed by atoms with E-state index >= 15 is 0 Å². The molecule has 12 heavy (non-hydrogen) atoms. The number of hydrogen-bond donors (Lipinski definition) is 2. The third-order valence-electron chi connectivity index (χ3n) is 1.46. The summed E-state index contributed by atoms with van der Waals surface area (Å²) in [5.41, 5.74) is 6.02. The van der Waals surface area contributed by atoms with Crippen molar-refractivity contribution < 1.29 is 5.11 Å². The Morgan fingerprint density at radius 3 is 2.67 bits per heavy atom. The van der Waals surface area contributed by atoms with E-state index in [1.807, 2.05) is 0 Å². The molecule has 0 bridgehead atoms. The highest BCUT2D eigenvalue weighted by molar-refractivity contribution is 6.30. The molecule has 0 radical (unpaired) electrons. The number of rotatable bonds is 2. The van der Waals surface area contributed by atoms with Gasteiger partial charge < -0.3 is 10.8 Å². The molecular weight excluding hydrogens is 197 g/mol. The lowest BCUT2D eigenvalue weighted by molar-refractivity contribution is 0.187. The first kappa shape index (κ1) is 11.7. The van der Waals surface area contributed by atoms with E-state index in [1.165, 1.54) is 0 Å². The van der Waals surface area contributed by atoms with Crippen LogP contribution < -0.4 is 5.73 Å². The number of hydrogen-bond acceptors (Lipinski definition) is 2. The Kier molecular flexibility index (Phi) is 5.25. The summed E-state index contributed by atoms with van der Waals surface area (Å²) >= 11 is 5.69. The van der Waals surface area contributed by atoms with Gasteiger partial charge in [0, 0.05) is 11.6 Å².